The number of benzene rings is 2. The van der Waals surface area contributed by atoms with Crippen LogP contribution in [0, 0.1) is 11.3 Å². The lowest BCUT2D eigenvalue weighted by molar-refractivity contribution is 0.291. The van der Waals surface area contributed by atoms with Gasteiger partial charge in [-0.1, -0.05) is 76.2 Å². The Morgan fingerprint density at radius 2 is 1.30 bits per heavy atom. The fourth-order valence-corrected chi connectivity index (χ4v) is 3.89. The molecule has 0 radical (unpaired) electrons. The van der Waals surface area contributed by atoms with Crippen LogP contribution in [0.15, 0.2) is 48.5 Å². The monoisotopic (exact) mass is 264 g/mol. The van der Waals surface area contributed by atoms with E-state index in [2.05, 4.69) is 76.2 Å². The molecule has 0 heteroatoms. The van der Waals surface area contributed by atoms with E-state index in [0.29, 0.717) is 17.3 Å². The summed E-state index contributed by atoms with van der Waals surface area (Å²) in [6.07, 6.45) is 1.25. The number of hydrogen-bond donors (Lipinski definition) is 0. The molecule has 20 heavy (non-hydrogen) atoms. The van der Waals surface area contributed by atoms with Crippen molar-refractivity contribution in [1.29, 1.82) is 0 Å². The van der Waals surface area contributed by atoms with Crippen LogP contribution in [0.4, 0.5) is 0 Å². The van der Waals surface area contributed by atoms with Gasteiger partial charge in [-0.3, -0.25) is 0 Å². The fourth-order valence-electron chi connectivity index (χ4n) is 3.89. The van der Waals surface area contributed by atoms with Gasteiger partial charge < -0.3 is 0 Å². The topological polar surface area (TPSA) is 0 Å². The van der Waals surface area contributed by atoms with Crippen LogP contribution in [-0.2, 0) is 0 Å². The number of rotatable bonds is 2. The molecule has 0 nitrogen and oxygen atoms in total. The van der Waals surface area contributed by atoms with Gasteiger partial charge in [0.25, 0.3) is 0 Å². The first-order chi connectivity index (χ1) is 9.47. The molecule has 1 aliphatic carbocycles. The first kappa shape index (κ1) is 13.4. The molecule has 3 rings (SSSR count). The predicted molar refractivity (Wildman–Crippen MR) is 87.0 cm³/mol. The lowest BCUT2D eigenvalue weighted by atomic mass is 9.76. The van der Waals surface area contributed by atoms with Gasteiger partial charge in [0.15, 0.2) is 0 Å². The zero-order valence-corrected chi connectivity index (χ0v) is 13.0. The zero-order valence-electron chi connectivity index (χ0n) is 13.0. The van der Waals surface area contributed by atoms with Crippen molar-refractivity contribution < 1.29 is 0 Å². The summed E-state index contributed by atoms with van der Waals surface area (Å²) in [7, 11) is 0. The largest absolute Gasteiger partial charge is 0.0619 e. The average Bonchev–Trinajstić information content (AvgIpc) is 2.71. The average molecular weight is 264 g/mol. The Bertz CT molecular complexity index is 570. The Balaban J connectivity index is 2.07. The van der Waals surface area contributed by atoms with Gasteiger partial charge in [-0.25, -0.2) is 0 Å². The molecule has 1 unspecified atom stereocenters. The van der Waals surface area contributed by atoms with Crippen molar-refractivity contribution in [2.45, 2.75) is 40.0 Å². The van der Waals surface area contributed by atoms with Crippen LogP contribution in [-0.4, -0.2) is 0 Å². The van der Waals surface area contributed by atoms with E-state index >= 15 is 0 Å². The summed E-state index contributed by atoms with van der Waals surface area (Å²) in [4.78, 5) is 0. The summed E-state index contributed by atoms with van der Waals surface area (Å²) in [6, 6.07) is 17.9. The quantitative estimate of drug-likeness (QED) is 0.636. The van der Waals surface area contributed by atoms with Crippen molar-refractivity contribution in [3.8, 4) is 11.1 Å². The van der Waals surface area contributed by atoms with E-state index in [1.165, 1.54) is 28.7 Å². The normalized spacial score (nSPS) is 15.8. The number of fused-ring (bicyclic) bond motifs is 3. The Kier molecular flexibility index (Phi) is 3.20. The van der Waals surface area contributed by atoms with Gasteiger partial charge >= 0.3 is 0 Å². The zero-order chi connectivity index (χ0) is 14.3. The lowest BCUT2D eigenvalue weighted by Crippen LogP contribution is -2.17. The van der Waals surface area contributed by atoms with Crippen LogP contribution < -0.4 is 0 Å². The van der Waals surface area contributed by atoms with Gasteiger partial charge in [0.2, 0.25) is 0 Å². The van der Waals surface area contributed by atoms with Crippen LogP contribution in [0.5, 0.6) is 0 Å². The molecule has 1 aliphatic rings. The third kappa shape index (κ3) is 2.28. The van der Waals surface area contributed by atoms with Gasteiger partial charge in [0.1, 0.15) is 0 Å². The summed E-state index contributed by atoms with van der Waals surface area (Å²) < 4.78 is 0. The molecule has 0 saturated heterocycles. The fraction of sp³-hybridized carbons (Fsp3) is 0.400. The molecule has 0 heterocycles. The highest BCUT2D eigenvalue weighted by Crippen LogP contribution is 2.49. The molecular formula is C20H24. The van der Waals surface area contributed by atoms with Crippen molar-refractivity contribution >= 4 is 0 Å². The summed E-state index contributed by atoms with van der Waals surface area (Å²) in [6.45, 7) is 9.44. The van der Waals surface area contributed by atoms with E-state index in [9.17, 15) is 0 Å². The molecule has 0 bridgehead atoms. The van der Waals surface area contributed by atoms with E-state index < -0.39 is 0 Å². The molecule has 0 saturated carbocycles. The van der Waals surface area contributed by atoms with Gasteiger partial charge in [0.05, 0.1) is 0 Å². The lowest BCUT2D eigenvalue weighted by Gasteiger charge is -2.28. The summed E-state index contributed by atoms with van der Waals surface area (Å²) in [5, 5.41) is 0. The summed E-state index contributed by atoms with van der Waals surface area (Å²) >= 11 is 0. The second-order valence-electron chi connectivity index (χ2n) is 7.39. The Morgan fingerprint density at radius 1 is 0.850 bits per heavy atom. The highest BCUT2D eigenvalue weighted by Gasteiger charge is 2.33. The molecular weight excluding hydrogens is 240 g/mol. The van der Waals surface area contributed by atoms with E-state index in [4.69, 9.17) is 0 Å². The second kappa shape index (κ2) is 4.77. The minimum absolute atomic E-state index is 0.381. The maximum absolute atomic E-state index is 2.41. The van der Waals surface area contributed by atoms with E-state index in [1.807, 2.05) is 0 Å². The molecule has 0 aliphatic heterocycles. The smallest absolute Gasteiger partial charge is 0.0127 e. The first-order valence-corrected chi connectivity index (χ1v) is 7.65. The van der Waals surface area contributed by atoms with Crippen molar-refractivity contribution in [3.63, 3.8) is 0 Å². The molecule has 0 fully saturated rings. The summed E-state index contributed by atoms with van der Waals surface area (Å²) in [5.41, 5.74) is 6.30. The van der Waals surface area contributed by atoms with Crippen LogP contribution >= 0.6 is 0 Å². The Hall–Kier alpha value is -1.56. The summed E-state index contributed by atoms with van der Waals surface area (Å²) in [5.74, 6) is 1.22. The molecule has 2 aromatic rings. The maximum atomic E-state index is 2.41. The maximum Gasteiger partial charge on any atom is 0.0127 e. The highest BCUT2D eigenvalue weighted by atomic mass is 14.4. The molecule has 0 amide bonds. The van der Waals surface area contributed by atoms with Gasteiger partial charge in [-0.05, 0) is 40.0 Å². The van der Waals surface area contributed by atoms with Crippen molar-refractivity contribution in [3.05, 3.63) is 59.7 Å². The van der Waals surface area contributed by atoms with E-state index in [-0.39, 0.29) is 0 Å². The minimum atomic E-state index is 0.381. The second-order valence-corrected chi connectivity index (χ2v) is 7.39. The third-order valence-electron chi connectivity index (χ3n) is 4.39. The minimum Gasteiger partial charge on any atom is -0.0619 e. The van der Waals surface area contributed by atoms with Crippen LogP contribution in [0.1, 0.15) is 51.2 Å². The van der Waals surface area contributed by atoms with Gasteiger partial charge in [-0.2, -0.15) is 0 Å². The standard InChI is InChI=1S/C20H24/c1-14(13-20(2,3)4)19-17-11-7-5-9-15(17)16-10-6-8-12-18(16)19/h5-12,14,19H,13H2,1-4H3. The number of hydrogen-bond acceptors (Lipinski definition) is 0. The van der Waals surface area contributed by atoms with Crippen molar-refractivity contribution in [1.82, 2.24) is 0 Å². The molecule has 104 valence electrons. The molecule has 0 N–H and O–H groups in total. The third-order valence-corrected chi connectivity index (χ3v) is 4.39. The van der Waals surface area contributed by atoms with E-state index in [1.54, 1.807) is 0 Å². The molecule has 1 atom stereocenters. The van der Waals surface area contributed by atoms with Gasteiger partial charge in [0, 0.05) is 5.92 Å². The van der Waals surface area contributed by atoms with Gasteiger partial charge in [-0.15, -0.1) is 0 Å². The van der Waals surface area contributed by atoms with Crippen LogP contribution in [0.25, 0.3) is 11.1 Å². The van der Waals surface area contributed by atoms with Crippen LogP contribution in [0.3, 0.4) is 0 Å². The Labute approximate surface area is 122 Å². The molecule has 0 aromatic heterocycles. The highest BCUT2D eigenvalue weighted by molar-refractivity contribution is 5.78. The van der Waals surface area contributed by atoms with Crippen LogP contribution in [0.2, 0.25) is 0 Å². The molecule has 2 aromatic carbocycles. The van der Waals surface area contributed by atoms with Crippen molar-refractivity contribution in [2.75, 3.05) is 0 Å². The Morgan fingerprint density at radius 3 is 1.75 bits per heavy atom. The van der Waals surface area contributed by atoms with E-state index in [0.717, 1.165) is 0 Å². The molecule has 0 spiro atoms. The first-order valence-electron chi connectivity index (χ1n) is 7.65. The van der Waals surface area contributed by atoms with Crippen molar-refractivity contribution in [2.24, 2.45) is 11.3 Å². The predicted octanol–water partition coefficient (Wildman–Crippen LogP) is 5.87. The SMILES string of the molecule is CC(CC(C)(C)C)C1c2ccccc2-c2ccccc21.